The van der Waals surface area contributed by atoms with Gasteiger partial charge < -0.3 is 10.1 Å². The third kappa shape index (κ3) is 10.3. The van der Waals surface area contributed by atoms with Crippen LogP contribution in [0.15, 0.2) is 0 Å². The molecule has 11 heavy (non-hydrogen) atoms. The molecule has 0 saturated heterocycles. The molecule has 0 atom stereocenters. The first-order chi connectivity index (χ1) is 5.41. The summed E-state index contributed by atoms with van der Waals surface area (Å²) in [5, 5.41) is 3.21. The van der Waals surface area contributed by atoms with E-state index in [0.717, 1.165) is 32.1 Å². The maximum absolute atomic E-state index is 5.33. The molecule has 0 unspecified atom stereocenters. The third-order valence-corrected chi connectivity index (χ3v) is 1.58. The van der Waals surface area contributed by atoms with E-state index in [4.69, 9.17) is 4.74 Å². The molecule has 2 nitrogen and oxygen atoms in total. The Bertz CT molecular complexity index is 63.1. The van der Waals surface area contributed by atoms with Crippen molar-refractivity contribution in [2.24, 2.45) is 0 Å². The number of ether oxygens (including phenoxy) is 1. The summed E-state index contributed by atoms with van der Waals surface area (Å²) in [6.07, 6.45) is 2.39. The van der Waals surface area contributed by atoms with Gasteiger partial charge >= 0.3 is 0 Å². The van der Waals surface area contributed by atoms with E-state index in [0.29, 0.717) is 0 Å². The fourth-order valence-electron chi connectivity index (χ4n) is 0.697. The Kier molecular flexibility index (Phi) is 10.5. The molecule has 3 heteroatoms. The smallest absolute Gasteiger partial charge is 0.0590 e. The van der Waals surface area contributed by atoms with Gasteiger partial charge in [-0.25, -0.2) is 0 Å². The van der Waals surface area contributed by atoms with Gasteiger partial charge in [0.1, 0.15) is 0 Å². The quantitative estimate of drug-likeness (QED) is 0.431. The summed E-state index contributed by atoms with van der Waals surface area (Å²) in [5.41, 5.74) is 0. The highest BCUT2D eigenvalue weighted by Gasteiger charge is 1.86. The Morgan fingerprint density at radius 2 is 2.09 bits per heavy atom. The number of rotatable bonds is 8. The number of hydrogen-bond donors (Lipinski definition) is 2. The molecule has 0 heterocycles. The topological polar surface area (TPSA) is 21.3 Å². The zero-order chi connectivity index (χ0) is 8.36. The highest BCUT2D eigenvalue weighted by Crippen LogP contribution is 1.86. The van der Waals surface area contributed by atoms with Crippen molar-refractivity contribution in [2.75, 3.05) is 32.1 Å². The molecular weight excluding hydrogens is 158 g/mol. The fraction of sp³-hybridized carbons (Fsp3) is 1.00. The predicted molar refractivity (Wildman–Crippen MR) is 52.4 cm³/mol. The Labute approximate surface area is 75.1 Å². The molecule has 68 valence electrons. The van der Waals surface area contributed by atoms with Gasteiger partial charge in [-0.2, -0.15) is 12.6 Å². The monoisotopic (exact) mass is 177 g/mol. The van der Waals surface area contributed by atoms with Gasteiger partial charge in [0.15, 0.2) is 0 Å². The molecule has 0 fully saturated rings. The molecule has 0 spiro atoms. The van der Waals surface area contributed by atoms with Gasteiger partial charge in [0.2, 0.25) is 0 Å². The predicted octanol–water partition coefficient (Wildman–Crippen LogP) is 1.32. The standard InChI is InChI=1S/C8H19NOS/c1-2-3-6-10-7-4-9-5-8-11/h9,11H,2-8H2,1H3. The minimum Gasteiger partial charge on any atom is -0.380 e. The average Bonchev–Trinajstić information content (AvgIpc) is 2.03. The van der Waals surface area contributed by atoms with E-state index in [2.05, 4.69) is 24.9 Å². The molecule has 1 N–H and O–H groups in total. The van der Waals surface area contributed by atoms with Crippen molar-refractivity contribution >= 4 is 12.6 Å². The minimum absolute atomic E-state index is 0.827. The summed E-state index contributed by atoms with van der Waals surface area (Å²) in [6, 6.07) is 0. The van der Waals surface area contributed by atoms with Crippen molar-refractivity contribution in [3.05, 3.63) is 0 Å². The molecular formula is C8H19NOS. The molecule has 0 aromatic heterocycles. The van der Waals surface area contributed by atoms with Gasteiger partial charge in [-0.1, -0.05) is 13.3 Å². The van der Waals surface area contributed by atoms with Crippen LogP contribution in [0.2, 0.25) is 0 Å². The van der Waals surface area contributed by atoms with Crippen LogP contribution >= 0.6 is 12.6 Å². The van der Waals surface area contributed by atoms with Crippen molar-refractivity contribution in [1.29, 1.82) is 0 Å². The van der Waals surface area contributed by atoms with Crippen molar-refractivity contribution < 1.29 is 4.74 Å². The third-order valence-electron chi connectivity index (χ3n) is 1.35. The first-order valence-corrected chi connectivity index (χ1v) is 4.94. The van der Waals surface area contributed by atoms with E-state index in [9.17, 15) is 0 Å². The molecule has 0 amide bonds. The lowest BCUT2D eigenvalue weighted by Crippen LogP contribution is -2.21. The zero-order valence-electron chi connectivity index (χ0n) is 7.31. The van der Waals surface area contributed by atoms with Crippen LogP contribution in [0.4, 0.5) is 0 Å². The maximum atomic E-state index is 5.33. The summed E-state index contributed by atoms with van der Waals surface area (Å²) in [5.74, 6) is 0.898. The fourth-order valence-corrected chi connectivity index (χ4v) is 0.855. The minimum atomic E-state index is 0.827. The van der Waals surface area contributed by atoms with Gasteiger partial charge in [-0.15, -0.1) is 0 Å². The normalized spacial score (nSPS) is 10.4. The van der Waals surface area contributed by atoms with Crippen molar-refractivity contribution in [3.8, 4) is 0 Å². The van der Waals surface area contributed by atoms with E-state index < -0.39 is 0 Å². The summed E-state index contributed by atoms with van der Waals surface area (Å²) in [7, 11) is 0. The number of nitrogens with one attached hydrogen (secondary N) is 1. The zero-order valence-corrected chi connectivity index (χ0v) is 8.20. The van der Waals surface area contributed by atoms with E-state index in [1.165, 1.54) is 12.8 Å². The van der Waals surface area contributed by atoms with Crippen molar-refractivity contribution in [3.63, 3.8) is 0 Å². The molecule has 0 aliphatic rings. The van der Waals surface area contributed by atoms with Crippen LogP contribution in [-0.2, 0) is 4.74 Å². The molecule has 0 aliphatic carbocycles. The van der Waals surface area contributed by atoms with Crippen LogP contribution in [0.25, 0.3) is 0 Å². The molecule has 0 aliphatic heterocycles. The van der Waals surface area contributed by atoms with Gasteiger partial charge in [0.05, 0.1) is 6.61 Å². The molecule has 0 aromatic carbocycles. The largest absolute Gasteiger partial charge is 0.380 e. The van der Waals surface area contributed by atoms with Gasteiger partial charge in [-0.05, 0) is 6.42 Å². The van der Waals surface area contributed by atoms with Gasteiger partial charge in [0, 0.05) is 25.4 Å². The van der Waals surface area contributed by atoms with Crippen molar-refractivity contribution in [1.82, 2.24) is 5.32 Å². The first kappa shape index (κ1) is 11.3. The summed E-state index contributed by atoms with van der Waals surface area (Å²) in [4.78, 5) is 0. The Hall–Kier alpha value is 0.270. The van der Waals surface area contributed by atoms with E-state index in [1.807, 2.05) is 0 Å². The highest BCUT2D eigenvalue weighted by molar-refractivity contribution is 7.80. The van der Waals surface area contributed by atoms with Gasteiger partial charge in [-0.3, -0.25) is 0 Å². The average molecular weight is 177 g/mol. The summed E-state index contributed by atoms with van der Waals surface area (Å²) < 4.78 is 5.33. The van der Waals surface area contributed by atoms with Crippen LogP contribution in [0, 0.1) is 0 Å². The van der Waals surface area contributed by atoms with E-state index in [-0.39, 0.29) is 0 Å². The van der Waals surface area contributed by atoms with Crippen molar-refractivity contribution in [2.45, 2.75) is 19.8 Å². The van der Waals surface area contributed by atoms with E-state index in [1.54, 1.807) is 0 Å². The highest BCUT2D eigenvalue weighted by atomic mass is 32.1. The molecule has 0 aromatic rings. The van der Waals surface area contributed by atoms with E-state index >= 15 is 0 Å². The number of thiol groups is 1. The lowest BCUT2D eigenvalue weighted by atomic mass is 10.4. The lowest BCUT2D eigenvalue weighted by Gasteiger charge is -2.03. The van der Waals surface area contributed by atoms with Gasteiger partial charge in [0.25, 0.3) is 0 Å². The van der Waals surface area contributed by atoms with Crippen LogP contribution in [-0.4, -0.2) is 32.1 Å². The van der Waals surface area contributed by atoms with Crippen LogP contribution in [0.3, 0.4) is 0 Å². The lowest BCUT2D eigenvalue weighted by molar-refractivity contribution is 0.133. The Morgan fingerprint density at radius 1 is 1.27 bits per heavy atom. The molecule has 0 rings (SSSR count). The van der Waals surface area contributed by atoms with Crippen LogP contribution in [0.5, 0.6) is 0 Å². The summed E-state index contributed by atoms with van der Waals surface area (Å²) in [6.45, 7) is 5.82. The number of hydrogen-bond acceptors (Lipinski definition) is 3. The number of unbranched alkanes of at least 4 members (excludes halogenated alkanes) is 1. The maximum Gasteiger partial charge on any atom is 0.0590 e. The molecule has 0 radical (unpaired) electrons. The Balaban J connectivity index is 2.69. The SMILES string of the molecule is CCCCOCCNCCS. The summed E-state index contributed by atoms with van der Waals surface area (Å²) >= 11 is 4.08. The molecule has 0 saturated carbocycles. The van der Waals surface area contributed by atoms with Crippen LogP contribution < -0.4 is 5.32 Å². The Morgan fingerprint density at radius 3 is 2.73 bits per heavy atom. The van der Waals surface area contributed by atoms with Crippen LogP contribution in [0.1, 0.15) is 19.8 Å². The first-order valence-electron chi connectivity index (χ1n) is 4.31. The molecule has 0 bridgehead atoms. The second kappa shape index (κ2) is 10.3. The second-order valence-electron chi connectivity index (χ2n) is 2.44. The second-order valence-corrected chi connectivity index (χ2v) is 2.89.